The maximum Gasteiger partial charge on any atom is 0.318 e. The van der Waals surface area contributed by atoms with Gasteiger partial charge in [0.2, 0.25) is 5.91 Å². The van der Waals surface area contributed by atoms with Crippen LogP contribution in [0.5, 0.6) is 0 Å². The summed E-state index contributed by atoms with van der Waals surface area (Å²) in [6.45, 7) is 0. The zero-order valence-corrected chi connectivity index (χ0v) is 11.5. The van der Waals surface area contributed by atoms with Crippen LogP contribution in [0.3, 0.4) is 0 Å². The fourth-order valence-corrected chi connectivity index (χ4v) is 1.95. The lowest BCUT2D eigenvalue weighted by Crippen LogP contribution is -2.28. The lowest BCUT2D eigenvalue weighted by atomic mass is 10.1. The largest absolute Gasteiger partial charge is 0.341 e. The van der Waals surface area contributed by atoms with Crippen molar-refractivity contribution in [1.82, 2.24) is 5.32 Å². The molecule has 6 nitrogen and oxygen atoms in total. The Labute approximate surface area is 118 Å². The van der Waals surface area contributed by atoms with Crippen molar-refractivity contribution in [2.45, 2.75) is 25.3 Å². The minimum Gasteiger partial charge on any atom is -0.341 e. The van der Waals surface area contributed by atoms with Gasteiger partial charge < -0.3 is 21.7 Å². The Morgan fingerprint density at radius 3 is 2.25 bits per heavy atom. The molecule has 1 saturated carbocycles. The summed E-state index contributed by atoms with van der Waals surface area (Å²) in [7, 11) is 1.55. The van der Waals surface area contributed by atoms with Crippen molar-refractivity contribution in [2.75, 3.05) is 17.7 Å². The van der Waals surface area contributed by atoms with E-state index in [9.17, 15) is 9.59 Å². The van der Waals surface area contributed by atoms with Gasteiger partial charge in [0.1, 0.15) is 0 Å². The van der Waals surface area contributed by atoms with Crippen molar-refractivity contribution < 1.29 is 9.59 Å². The summed E-state index contributed by atoms with van der Waals surface area (Å²) in [5.74, 6) is 0.441. The van der Waals surface area contributed by atoms with Crippen LogP contribution in [0.2, 0.25) is 0 Å². The fraction of sp³-hybridized carbons (Fsp3) is 0.429. The van der Waals surface area contributed by atoms with Crippen LogP contribution < -0.4 is 21.7 Å². The molecule has 108 valence electrons. The van der Waals surface area contributed by atoms with E-state index in [1.165, 1.54) is 0 Å². The van der Waals surface area contributed by atoms with Gasteiger partial charge in [0.15, 0.2) is 0 Å². The molecular formula is C14H20N4O2. The van der Waals surface area contributed by atoms with Gasteiger partial charge in [-0.3, -0.25) is 4.79 Å². The van der Waals surface area contributed by atoms with E-state index in [-0.39, 0.29) is 18.0 Å². The molecule has 0 heterocycles. The van der Waals surface area contributed by atoms with Crippen molar-refractivity contribution in [2.24, 2.45) is 11.7 Å². The molecule has 1 aromatic carbocycles. The van der Waals surface area contributed by atoms with Gasteiger partial charge in [0, 0.05) is 30.9 Å². The van der Waals surface area contributed by atoms with Crippen molar-refractivity contribution in [3.63, 3.8) is 0 Å². The third-order valence-corrected chi connectivity index (χ3v) is 3.30. The van der Waals surface area contributed by atoms with E-state index in [0.29, 0.717) is 23.7 Å². The number of urea groups is 1. The molecule has 1 atom stereocenters. The summed E-state index contributed by atoms with van der Waals surface area (Å²) >= 11 is 0. The van der Waals surface area contributed by atoms with E-state index in [0.717, 1.165) is 12.8 Å². The first-order chi connectivity index (χ1) is 9.58. The number of nitrogens with two attached hydrogens (primary N) is 1. The van der Waals surface area contributed by atoms with Crippen LogP contribution in [0, 0.1) is 5.92 Å². The number of carbonyl (C=O) groups is 2. The van der Waals surface area contributed by atoms with E-state index in [1.54, 1.807) is 31.3 Å². The van der Waals surface area contributed by atoms with Crippen LogP contribution in [-0.4, -0.2) is 25.0 Å². The Morgan fingerprint density at radius 1 is 1.20 bits per heavy atom. The van der Waals surface area contributed by atoms with Crippen LogP contribution >= 0.6 is 0 Å². The minimum absolute atomic E-state index is 0.0378. The second kappa shape index (κ2) is 6.38. The van der Waals surface area contributed by atoms with Crippen LogP contribution in [0.4, 0.5) is 16.2 Å². The van der Waals surface area contributed by atoms with Crippen LogP contribution in [-0.2, 0) is 4.79 Å². The molecule has 1 aromatic rings. The van der Waals surface area contributed by atoms with Crippen molar-refractivity contribution in [1.29, 1.82) is 0 Å². The van der Waals surface area contributed by atoms with Gasteiger partial charge in [-0.1, -0.05) is 0 Å². The monoisotopic (exact) mass is 276 g/mol. The molecule has 1 aliphatic carbocycles. The topological polar surface area (TPSA) is 96.2 Å². The SMILES string of the molecule is CNC(=O)Nc1ccc(NC(=O)CC(N)C2CC2)cc1. The smallest absolute Gasteiger partial charge is 0.318 e. The zero-order chi connectivity index (χ0) is 14.5. The molecule has 5 N–H and O–H groups in total. The highest BCUT2D eigenvalue weighted by atomic mass is 16.2. The fourth-order valence-electron chi connectivity index (χ4n) is 1.95. The molecule has 0 saturated heterocycles. The Balaban J connectivity index is 1.83. The van der Waals surface area contributed by atoms with Crippen molar-refractivity contribution in [3.05, 3.63) is 24.3 Å². The van der Waals surface area contributed by atoms with Gasteiger partial charge in [0.25, 0.3) is 0 Å². The lowest BCUT2D eigenvalue weighted by molar-refractivity contribution is -0.116. The first-order valence-electron chi connectivity index (χ1n) is 6.72. The third-order valence-electron chi connectivity index (χ3n) is 3.30. The summed E-state index contributed by atoms with van der Waals surface area (Å²) in [5, 5.41) is 7.91. The Bertz CT molecular complexity index is 482. The molecule has 1 unspecified atom stereocenters. The summed E-state index contributed by atoms with van der Waals surface area (Å²) < 4.78 is 0. The van der Waals surface area contributed by atoms with Gasteiger partial charge in [0.05, 0.1) is 0 Å². The molecule has 0 aromatic heterocycles. The van der Waals surface area contributed by atoms with Gasteiger partial charge in [-0.2, -0.15) is 0 Å². The molecule has 3 amide bonds. The highest BCUT2D eigenvalue weighted by molar-refractivity contribution is 5.92. The number of amides is 3. The lowest BCUT2D eigenvalue weighted by Gasteiger charge is -2.11. The first kappa shape index (κ1) is 14.3. The second-order valence-corrected chi connectivity index (χ2v) is 5.04. The van der Waals surface area contributed by atoms with Crippen molar-refractivity contribution >= 4 is 23.3 Å². The summed E-state index contributed by atoms with van der Waals surface area (Å²) in [5.41, 5.74) is 7.27. The normalized spacial score (nSPS) is 15.3. The van der Waals surface area contributed by atoms with Crippen LogP contribution in [0.25, 0.3) is 0 Å². The van der Waals surface area contributed by atoms with Gasteiger partial charge in [-0.25, -0.2) is 4.79 Å². The third kappa shape index (κ3) is 4.24. The van der Waals surface area contributed by atoms with Gasteiger partial charge in [-0.05, 0) is 43.0 Å². The molecule has 0 aliphatic heterocycles. The number of anilines is 2. The second-order valence-electron chi connectivity index (χ2n) is 5.04. The highest BCUT2D eigenvalue weighted by Crippen LogP contribution is 2.32. The number of benzene rings is 1. The molecule has 1 fully saturated rings. The average molecular weight is 276 g/mol. The van der Waals surface area contributed by atoms with Gasteiger partial charge in [-0.15, -0.1) is 0 Å². The zero-order valence-electron chi connectivity index (χ0n) is 11.5. The quantitative estimate of drug-likeness (QED) is 0.656. The van der Waals surface area contributed by atoms with Gasteiger partial charge >= 0.3 is 6.03 Å². The number of nitrogens with one attached hydrogen (secondary N) is 3. The number of hydrogen-bond donors (Lipinski definition) is 4. The molecule has 0 spiro atoms. The maximum absolute atomic E-state index is 11.8. The molecule has 20 heavy (non-hydrogen) atoms. The summed E-state index contributed by atoms with van der Waals surface area (Å²) in [4.78, 5) is 22.9. The minimum atomic E-state index is -0.280. The summed E-state index contributed by atoms with van der Waals surface area (Å²) in [6.07, 6.45) is 2.62. The summed E-state index contributed by atoms with van der Waals surface area (Å²) in [6, 6.07) is 6.62. The number of hydrogen-bond acceptors (Lipinski definition) is 3. The maximum atomic E-state index is 11.8. The number of carbonyl (C=O) groups excluding carboxylic acids is 2. The molecule has 2 rings (SSSR count). The predicted molar refractivity (Wildman–Crippen MR) is 78.5 cm³/mol. The van der Waals surface area contributed by atoms with E-state index in [1.807, 2.05) is 0 Å². The molecular weight excluding hydrogens is 256 g/mol. The Hall–Kier alpha value is -2.08. The van der Waals surface area contributed by atoms with E-state index in [2.05, 4.69) is 16.0 Å². The van der Waals surface area contributed by atoms with Crippen LogP contribution in [0.15, 0.2) is 24.3 Å². The molecule has 0 radical (unpaired) electrons. The van der Waals surface area contributed by atoms with Crippen LogP contribution in [0.1, 0.15) is 19.3 Å². The van der Waals surface area contributed by atoms with E-state index >= 15 is 0 Å². The molecule has 0 bridgehead atoms. The number of rotatable bonds is 5. The molecule has 1 aliphatic rings. The average Bonchev–Trinajstić information content (AvgIpc) is 3.25. The van der Waals surface area contributed by atoms with E-state index in [4.69, 9.17) is 5.73 Å². The predicted octanol–water partition coefficient (Wildman–Crippen LogP) is 1.50. The Morgan fingerprint density at radius 2 is 1.75 bits per heavy atom. The Kier molecular flexibility index (Phi) is 4.57. The standard InChI is InChI=1S/C14H20N4O2/c1-16-14(20)18-11-6-4-10(5-7-11)17-13(19)8-12(15)9-2-3-9/h4-7,9,12H,2-3,8,15H2,1H3,(H,17,19)(H2,16,18,20). The first-order valence-corrected chi connectivity index (χ1v) is 6.72. The van der Waals surface area contributed by atoms with E-state index < -0.39 is 0 Å². The van der Waals surface area contributed by atoms with Crippen molar-refractivity contribution in [3.8, 4) is 0 Å². The molecule has 6 heteroatoms. The highest BCUT2D eigenvalue weighted by Gasteiger charge is 2.29.